The van der Waals surface area contributed by atoms with Gasteiger partial charge in [-0.25, -0.2) is 0 Å². The van der Waals surface area contributed by atoms with Crippen LogP contribution in [0.15, 0.2) is 35.3 Å². The summed E-state index contributed by atoms with van der Waals surface area (Å²) < 4.78 is 16.0. The van der Waals surface area contributed by atoms with Gasteiger partial charge in [0.05, 0.1) is 14.2 Å². The Morgan fingerprint density at radius 1 is 1.38 bits per heavy atom. The van der Waals surface area contributed by atoms with Gasteiger partial charge < -0.3 is 19.2 Å². The van der Waals surface area contributed by atoms with Crippen molar-refractivity contribution in [3.8, 4) is 29.0 Å². The third-order valence-electron chi connectivity index (χ3n) is 2.77. The zero-order valence-corrected chi connectivity index (χ0v) is 11.8. The molecule has 1 aromatic heterocycles. The predicted octanol–water partition coefficient (Wildman–Crippen LogP) is 2.83. The standard InChI is InChI=1S/C15H15N3O3/c1-4-7-17-15-11(9-16)18-14(21-15)10-5-6-12(19-2)13(8-10)20-3/h4-6,8,17H,1,7H2,2-3H3. The molecule has 0 amide bonds. The van der Waals surface area contributed by atoms with Crippen molar-refractivity contribution in [1.82, 2.24) is 4.98 Å². The molecule has 0 aliphatic carbocycles. The van der Waals surface area contributed by atoms with Crippen LogP contribution in [0.4, 0.5) is 5.88 Å². The Bertz CT molecular complexity index is 686. The second-order valence-corrected chi connectivity index (χ2v) is 4.05. The molecule has 0 aliphatic heterocycles. The van der Waals surface area contributed by atoms with Gasteiger partial charge in [-0.2, -0.15) is 10.2 Å². The van der Waals surface area contributed by atoms with E-state index in [0.29, 0.717) is 35.4 Å². The Balaban J connectivity index is 2.40. The fraction of sp³-hybridized carbons (Fsp3) is 0.200. The molecule has 0 spiro atoms. The molecule has 0 bridgehead atoms. The van der Waals surface area contributed by atoms with Gasteiger partial charge in [0.1, 0.15) is 6.07 Å². The molecular formula is C15H15N3O3. The van der Waals surface area contributed by atoms with Gasteiger partial charge in [-0.05, 0) is 18.2 Å². The number of hydrogen-bond acceptors (Lipinski definition) is 6. The predicted molar refractivity (Wildman–Crippen MR) is 78.4 cm³/mol. The average Bonchev–Trinajstić information content (AvgIpc) is 2.95. The Kier molecular flexibility index (Phi) is 4.46. The Labute approximate surface area is 122 Å². The molecule has 0 saturated heterocycles. The van der Waals surface area contributed by atoms with Crippen molar-refractivity contribution in [2.24, 2.45) is 0 Å². The molecule has 6 heteroatoms. The van der Waals surface area contributed by atoms with E-state index >= 15 is 0 Å². The molecule has 0 unspecified atom stereocenters. The summed E-state index contributed by atoms with van der Waals surface area (Å²) in [7, 11) is 3.11. The number of nitrogens with zero attached hydrogens (tertiary/aromatic N) is 2. The molecule has 6 nitrogen and oxygen atoms in total. The molecule has 1 N–H and O–H groups in total. The van der Waals surface area contributed by atoms with E-state index in [1.807, 2.05) is 6.07 Å². The fourth-order valence-corrected chi connectivity index (χ4v) is 1.77. The smallest absolute Gasteiger partial charge is 0.232 e. The number of ether oxygens (including phenoxy) is 2. The highest BCUT2D eigenvalue weighted by Crippen LogP contribution is 2.33. The number of rotatable bonds is 6. The first-order valence-electron chi connectivity index (χ1n) is 6.21. The summed E-state index contributed by atoms with van der Waals surface area (Å²) in [4.78, 5) is 4.16. The number of nitrogens with one attached hydrogen (secondary N) is 1. The second-order valence-electron chi connectivity index (χ2n) is 4.05. The van der Waals surface area contributed by atoms with Crippen LogP contribution in [0.1, 0.15) is 5.69 Å². The molecule has 2 aromatic rings. The molecule has 0 aliphatic rings. The SMILES string of the molecule is C=CCNc1oc(-c2ccc(OC)c(OC)c2)nc1C#N. The third-order valence-corrected chi connectivity index (χ3v) is 2.77. The number of nitriles is 1. The van der Waals surface area contributed by atoms with Crippen LogP contribution in [-0.2, 0) is 0 Å². The van der Waals surface area contributed by atoms with Gasteiger partial charge in [-0.1, -0.05) is 6.08 Å². The minimum atomic E-state index is 0.196. The first kappa shape index (κ1) is 14.5. The molecule has 21 heavy (non-hydrogen) atoms. The lowest BCUT2D eigenvalue weighted by Crippen LogP contribution is -1.97. The summed E-state index contributed by atoms with van der Waals surface area (Å²) in [5.74, 6) is 1.83. The zero-order valence-electron chi connectivity index (χ0n) is 11.8. The Morgan fingerprint density at radius 2 is 2.14 bits per heavy atom. The van der Waals surface area contributed by atoms with E-state index in [1.165, 1.54) is 0 Å². The van der Waals surface area contributed by atoms with Gasteiger partial charge in [0.15, 0.2) is 11.5 Å². The Hall–Kier alpha value is -2.94. The monoisotopic (exact) mass is 285 g/mol. The zero-order chi connectivity index (χ0) is 15.2. The molecule has 0 saturated carbocycles. The maximum atomic E-state index is 9.08. The van der Waals surface area contributed by atoms with E-state index in [2.05, 4.69) is 16.9 Å². The molecule has 0 fully saturated rings. The lowest BCUT2D eigenvalue weighted by atomic mass is 10.2. The molecule has 2 rings (SSSR count). The van der Waals surface area contributed by atoms with Gasteiger partial charge in [0.2, 0.25) is 17.5 Å². The number of aromatic nitrogens is 1. The summed E-state index contributed by atoms with van der Waals surface area (Å²) in [6.07, 6.45) is 1.67. The van der Waals surface area contributed by atoms with E-state index in [-0.39, 0.29) is 5.69 Å². The maximum Gasteiger partial charge on any atom is 0.232 e. The van der Waals surface area contributed by atoms with Gasteiger partial charge in [-0.3, -0.25) is 0 Å². The van der Waals surface area contributed by atoms with E-state index < -0.39 is 0 Å². The van der Waals surface area contributed by atoms with Crippen molar-refractivity contribution in [3.63, 3.8) is 0 Å². The van der Waals surface area contributed by atoms with E-state index in [9.17, 15) is 0 Å². The van der Waals surface area contributed by atoms with E-state index in [1.54, 1.807) is 38.5 Å². The third kappa shape index (κ3) is 2.98. The first-order chi connectivity index (χ1) is 10.2. The van der Waals surface area contributed by atoms with Crippen molar-refractivity contribution < 1.29 is 13.9 Å². The average molecular weight is 285 g/mol. The highest BCUT2D eigenvalue weighted by Gasteiger charge is 2.15. The van der Waals surface area contributed by atoms with Gasteiger partial charge in [0, 0.05) is 12.1 Å². The minimum absolute atomic E-state index is 0.196. The first-order valence-corrected chi connectivity index (χ1v) is 6.21. The number of benzene rings is 1. The van der Waals surface area contributed by atoms with Crippen LogP contribution in [0, 0.1) is 11.3 Å². The van der Waals surface area contributed by atoms with E-state index in [0.717, 1.165) is 0 Å². The number of methoxy groups -OCH3 is 2. The van der Waals surface area contributed by atoms with Crippen LogP contribution in [0.3, 0.4) is 0 Å². The molecular weight excluding hydrogens is 270 g/mol. The summed E-state index contributed by atoms with van der Waals surface area (Å²) >= 11 is 0. The lowest BCUT2D eigenvalue weighted by Gasteiger charge is -2.07. The van der Waals surface area contributed by atoms with Gasteiger partial charge >= 0.3 is 0 Å². The highest BCUT2D eigenvalue weighted by molar-refractivity contribution is 5.63. The summed E-state index contributed by atoms with van der Waals surface area (Å²) in [5, 5.41) is 12.0. The summed E-state index contributed by atoms with van der Waals surface area (Å²) in [6.45, 7) is 4.08. The number of hydrogen-bond donors (Lipinski definition) is 1. The van der Waals surface area contributed by atoms with Crippen LogP contribution in [0.25, 0.3) is 11.5 Å². The van der Waals surface area contributed by atoms with Crippen molar-refractivity contribution in [2.45, 2.75) is 0 Å². The molecule has 1 heterocycles. The summed E-state index contributed by atoms with van der Waals surface area (Å²) in [5.41, 5.74) is 0.887. The normalized spacial score (nSPS) is 9.76. The minimum Gasteiger partial charge on any atom is -0.493 e. The van der Waals surface area contributed by atoms with Crippen LogP contribution in [0.2, 0.25) is 0 Å². The number of anilines is 1. The topological polar surface area (TPSA) is 80.3 Å². The Morgan fingerprint density at radius 3 is 2.76 bits per heavy atom. The molecule has 108 valence electrons. The summed E-state index contributed by atoms with van der Waals surface area (Å²) in [6, 6.07) is 7.26. The number of oxazole rings is 1. The van der Waals surface area contributed by atoms with Crippen LogP contribution >= 0.6 is 0 Å². The maximum absolute atomic E-state index is 9.08. The van der Waals surface area contributed by atoms with Crippen molar-refractivity contribution in [3.05, 3.63) is 36.5 Å². The van der Waals surface area contributed by atoms with Gasteiger partial charge in [-0.15, -0.1) is 6.58 Å². The lowest BCUT2D eigenvalue weighted by molar-refractivity contribution is 0.355. The largest absolute Gasteiger partial charge is 0.493 e. The van der Waals surface area contributed by atoms with Crippen LogP contribution in [0.5, 0.6) is 11.5 Å². The van der Waals surface area contributed by atoms with Crippen LogP contribution < -0.4 is 14.8 Å². The van der Waals surface area contributed by atoms with Crippen molar-refractivity contribution >= 4 is 5.88 Å². The quantitative estimate of drug-likeness (QED) is 0.822. The fourth-order valence-electron chi connectivity index (χ4n) is 1.77. The van der Waals surface area contributed by atoms with Crippen LogP contribution in [-0.4, -0.2) is 25.7 Å². The highest BCUT2D eigenvalue weighted by atomic mass is 16.5. The van der Waals surface area contributed by atoms with Gasteiger partial charge in [0.25, 0.3) is 0 Å². The second kappa shape index (κ2) is 6.48. The molecule has 0 atom stereocenters. The van der Waals surface area contributed by atoms with Crippen molar-refractivity contribution in [2.75, 3.05) is 26.1 Å². The molecule has 0 radical (unpaired) electrons. The molecule has 1 aromatic carbocycles. The van der Waals surface area contributed by atoms with Crippen molar-refractivity contribution in [1.29, 1.82) is 5.26 Å². The van der Waals surface area contributed by atoms with E-state index in [4.69, 9.17) is 19.2 Å².